The molecule has 1 amide bonds. The van der Waals surface area contributed by atoms with Crippen molar-refractivity contribution in [3.63, 3.8) is 0 Å². The lowest BCUT2D eigenvalue weighted by Crippen LogP contribution is -2.46. The molecular formula is C14H19ClN4O5S. The molecule has 1 heterocycles. The zero-order valence-electron chi connectivity index (χ0n) is 13.4. The Hall–Kier alpha value is -1.75. The van der Waals surface area contributed by atoms with Gasteiger partial charge in [-0.2, -0.15) is 4.31 Å². The SMILES string of the molecule is NCCNC(=O)C1CCCN(S(=O)(=O)c2ccc([N+](=O)[O-])cc2Cl)C1. The number of halogens is 1. The van der Waals surface area contributed by atoms with E-state index in [1.54, 1.807) is 0 Å². The minimum atomic E-state index is -3.95. The van der Waals surface area contributed by atoms with Crippen LogP contribution in [0.1, 0.15) is 12.8 Å². The number of benzene rings is 1. The number of nitro benzene ring substituents is 1. The maximum absolute atomic E-state index is 12.8. The van der Waals surface area contributed by atoms with Crippen LogP contribution in [0.3, 0.4) is 0 Å². The first-order valence-electron chi connectivity index (χ1n) is 7.69. The van der Waals surface area contributed by atoms with Crippen LogP contribution in [0.2, 0.25) is 5.02 Å². The highest BCUT2D eigenvalue weighted by molar-refractivity contribution is 7.89. The van der Waals surface area contributed by atoms with Gasteiger partial charge in [0.05, 0.1) is 15.9 Å². The van der Waals surface area contributed by atoms with E-state index in [0.29, 0.717) is 25.9 Å². The number of carbonyl (C=O) groups excluding carboxylic acids is 1. The number of hydrogen-bond acceptors (Lipinski definition) is 6. The Morgan fingerprint density at radius 1 is 1.48 bits per heavy atom. The summed E-state index contributed by atoms with van der Waals surface area (Å²) in [6, 6.07) is 3.21. The number of rotatable bonds is 6. The molecule has 3 N–H and O–H groups in total. The van der Waals surface area contributed by atoms with Crippen LogP contribution in [-0.4, -0.2) is 49.7 Å². The predicted molar refractivity (Wildman–Crippen MR) is 91.7 cm³/mol. The number of non-ortho nitro benzene ring substituents is 1. The van der Waals surface area contributed by atoms with E-state index >= 15 is 0 Å². The van der Waals surface area contributed by atoms with Gasteiger partial charge in [-0.05, 0) is 18.9 Å². The molecule has 2 rings (SSSR count). The monoisotopic (exact) mass is 390 g/mol. The van der Waals surface area contributed by atoms with Crippen LogP contribution in [0.5, 0.6) is 0 Å². The van der Waals surface area contributed by atoms with Crippen molar-refractivity contribution >= 4 is 33.2 Å². The smallest absolute Gasteiger partial charge is 0.271 e. The number of nitrogens with zero attached hydrogens (tertiary/aromatic N) is 2. The fourth-order valence-corrected chi connectivity index (χ4v) is 4.70. The van der Waals surface area contributed by atoms with Crippen molar-refractivity contribution in [3.8, 4) is 0 Å². The summed E-state index contributed by atoms with van der Waals surface area (Å²) in [5.41, 5.74) is 5.06. The predicted octanol–water partition coefficient (Wildman–Crippen LogP) is 0.724. The number of nitro groups is 1. The Bertz CT molecular complexity index is 770. The third kappa shape index (κ3) is 4.46. The molecule has 138 valence electrons. The molecule has 25 heavy (non-hydrogen) atoms. The molecule has 0 aromatic heterocycles. The number of hydrogen-bond donors (Lipinski definition) is 2. The van der Waals surface area contributed by atoms with Crippen molar-refractivity contribution < 1.29 is 18.1 Å². The number of piperidine rings is 1. The molecule has 1 saturated heterocycles. The van der Waals surface area contributed by atoms with Crippen molar-refractivity contribution in [3.05, 3.63) is 33.3 Å². The lowest BCUT2D eigenvalue weighted by atomic mass is 9.99. The molecule has 0 spiro atoms. The second kappa shape index (κ2) is 8.09. The number of sulfonamides is 1. The van der Waals surface area contributed by atoms with Gasteiger partial charge in [0, 0.05) is 38.3 Å². The number of carbonyl (C=O) groups is 1. The average Bonchev–Trinajstić information content (AvgIpc) is 2.59. The highest BCUT2D eigenvalue weighted by Gasteiger charge is 2.34. The van der Waals surface area contributed by atoms with Crippen molar-refractivity contribution in [1.82, 2.24) is 9.62 Å². The topological polar surface area (TPSA) is 136 Å². The molecule has 11 heteroatoms. The number of amides is 1. The van der Waals surface area contributed by atoms with Gasteiger partial charge in [-0.3, -0.25) is 14.9 Å². The summed E-state index contributed by atoms with van der Waals surface area (Å²) in [5.74, 6) is -0.702. The standard InChI is InChI=1S/C14H19ClN4O5S/c15-12-8-11(19(21)22)3-4-13(12)25(23,24)18-7-1-2-10(9-18)14(20)17-6-5-16/h3-4,8,10H,1-2,5-7,9,16H2,(H,17,20). The van der Waals surface area contributed by atoms with Gasteiger partial charge in [-0.15, -0.1) is 0 Å². The van der Waals surface area contributed by atoms with Gasteiger partial charge in [0.1, 0.15) is 4.90 Å². The molecule has 0 radical (unpaired) electrons. The van der Waals surface area contributed by atoms with Gasteiger partial charge in [0.2, 0.25) is 15.9 Å². The third-order valence-electron chi connectivity index (χ3n) is 3.94. The molecule has 1 aliphatic heterocycles. The second-order valence-corrected chi connectivity index (χ2v) is 7.97. The quantitative estimate of drug-likeness (QED) is 0.542. The molecule has 9 nitrogen and oxygen atoms in total. The van der Waals surface area contributed by atoms with Gasteiger partial charge < -0.3 is 11.1 Å². The fourth-order valence-electron chi connectivity index (χ4n) is 2.67. The Morgan fingerprint density at radius 2 is 2.20 bits per heavy atom. The summed E-state index contributed by atoms with van der Waals surface area (Å²) in [4.78, 5) is 22.0. The molecule has 1 aromatic carbocycles. The summed E-state index contributed by atoms with van der Waals surface area (Å²) >= 11 is 5.94. The summed E-state index contributed by atoms with van der Waals surface area (Å²) in [6.07, 6.45) is 1.11. The van der Waals surface area contributed by atoms with Gasteiger partial charge >= 0.3 is 0 Å². The Kier molecular flexibility index (Phi) is 6.33. The van der Waals surface area contributed by atoms with Gasteiger partial charge in [0.25, 0.3) is 5.69 Å². The Labute approximate surface area is 150 Å². The van der Waals surface area contributed by atoms with Gasteiger partial charge in [-0.1, -0.05) is 11.6 Å². The zero-order chi connectivity index (χ0) is 18.6. The lowest BCUT2D eigenvalue weighted by molar-refractivity contribution is -0.384. The average molecular weight is 391 g/mol. The van der Waals surface area contributed by atoms with E-state index in [0.717, 1.165) is 18.2 Å². The fraction of sp³-hybridized carbons (Fsp3) is 0.500. The number of nitrogens with one attached hydrogen (secondary N) is 1. The van der Waals surface area contributed by atoms with E-state index in [9.17, 15) is 23.3 Å². The molecule has 1 unspecified atom stereocenters. The first-order valence-corrected chi connectivity index (χ1v) is 9.51. The Balaban J connectivity index is 2.21. The maximum atomic E-state index is 12.8. The highest BCUT2D eigenvalue weighted by Crippen LogP contribution is 2.30. The molecular weight excluding hydrogens is 372 g/mol. The first kappa shape index (κ1) is 19.6. The van der Waals surface area contributed by atoms with Crippen LogP contribution >= 0.6 is 11.6 Å². The largest absolute Gasteiger partial charge is 0.355 e. The van der Waals surface area contributed by atoms with Crippen LogP contribution in [0.15, 0.2) is 23.1 Å². The van der Waals surface area contributed by atoms with E-state index < -0.39 is 20.9 Å². The van der Waals surface area contributed by atoms with Crippen LogP contribution in [-0.2, 0) is 14.8 Å². The minimum Gasteiger partial charge on any atom is -0.355 e. The summed E-state index contributed by atoms with van der Waals surface area (Å²) in [5, 5.41) is 13.2. The summed E-state index contributed by atoms with van der Waals surface area (Å²) < 4.78 is 26.8. The molecule has 0 bridgehead atoms. The molecule has 1 aliphatic rings. The van der Waals surface area contributed by atoms with Crippen molar-refractivity contribution in [1.29, 1.82) is 0 Å². The molecule has 1 aromatic rings. The molecule has 1 atom stereocenters. The normalized spacial score (nSPS) is 18.7. The van der Waals surface area contributed by atoms with Crippen molar-refractivity contribution in [2.75, 3.05) is 26.2 Å². The van der Waals surface area contributed by atoms with Gasteiger partial charge in [0.15, 0.2) is 0 Å². The van der Waals surface area contributed by atoms with Crippen LogP contribution in [0.4, 0.5) is 5.69 Å². The van der Waals surface area contributed by atoms with Crippen LogP contribution in [0.25, 0.3) is 0 Å². The maximum Gasteiger partial charge on any atom is 0.271 e. The highest BCUT2D eigenvalue weighted by atomic mass is 35.5. The van der Waals surface area contributed by atoms with Gasteiger partial charge in [-0.25, -0.2) is 8.42 Å². The second-order valence-electron chi connectivity index (χ2n) is 5.65. The van der Waals surface area contributed by atoms with Crippen molar-refractivity contribution in [2.45, 2.75) is 17.7 Å². The Morgan fingerprint density at radius 3 is 2.80 bits per heavy atom. The van der Waals surface area contributed by atoms with E-state index in [-0.39, 0.29) is 34.6 Å². The third-order valence-corrected chi connectivity index (χ3v) is 6.29. The lowest BCUT2D eigenvalue weighted by Gasteiger charge is -2.31. The van der Waals surface area contributed by atoms with E-state index in [1.807, 2.05) is 0 Å². The van der Waals surface area contributed by atoms with E-state index in [2.05, 4.69) is 5.32 Å². The first-order chi connectivity index (χ1) is 11.8. The minimum absolute atomic E-state index is 0.0338. The van der Waals surface area contributed by atoms with E-state index in [4.69, 9.17) is 17.3 Å². The molecule has 0 saturated carbocycles. The van der Waals surface area contributed by atoms with Crippen LogP contribution < -0.4 is 11.1 Å². The molecule has 1 fully saturated rings. The van der Waals surface area contributed by atoms with E-state index in [1.165, 1.54) is 4.31 Å². The molecule has 0 aliphatic carbocycles. The summed E-state index contributed by atoms with van der Waals surface area (Å²) in [6.45, 7) is 0.928. The number of nitrogens with two attached hydrogens (primary N) is 1. The zero-order valence-corrected chi connectivity index (χ0v) is 14.9. The summed E-state index contributed by atoms with van der Waals surface area (Å²) in [7, 11) is -3.95. The van der Waals surface area contributed by atoms with Crippen molar-refractivity contribution in [2.24, 2.45) is 11.7 Å². The van der Waals surface area contributed by atoms with Crippen LogP contribution in [0, 0.1) is 16.0 Å².